The molecule has 0 spiro atoms. The first-order valence-corrected chi connectivity index (χ1v) is 7.09. The summed E-state index contributed by atoms with van der Waals surface area (Å²) in [4.78, 5) is 11.4. The van der Waals surface area contributed by atoms with Gasteiger partial charge in [0.1, 0.15) is 13.2 Å². The number of phosphoric acid groups is 1. The highest BCUT2D eigenvalue weighted by Gasteiger charge is 2.15. The van der Waals surface area contributed by atoms with E-state index in [9.17, 15) is 9.46 Å². The van der Waals surface area contributed by atoms with Crippen LogP contribution in [-0.4, -0.2) is 58.6 Å². The molecule has 0 rings (SSSR count). The first kappa shape index (κ1) is 17.0. The Hall–Kier alpha value is 0.0300. The van der Waals surface area contributed by atoms with Gasteiger partial charge in [-0.15, -0.1) is 0 Å². The summed E-state index contributed by atoms with van der Waals surface area (Å²) in [6.07, 6.45) is 0.467. The molecule has 0 aromatic rings. The van der Waals surface area contributed by atoms with Gasteiger partial charge >= 0.3 is 0 Å². The molecule has 104 valence electrons. The largest absolute Gasteiger partial charge is 0.756 e. The monoisotopic (exact) mass is 269 g/mol. The number of phosphoric ester groups is 1. The van der Waals surface area contributed by atoms with Crippen LogP contribution in [0.5, 0.6) is 0 Å². The van der Waals surface area contributed by atoms with Crippen LogP contribution in [0.4, 0.5) is 0 Å². The van der Waals surface area contributed by atoms with E-state index >= 15 is 0 Å². The smallest absolute Gasteiger partial charge is 0.268 e. The lowest BCUT2D eigenvalue weighted by molar-refractivity contribution is -0.870. The first-order valence-electron chi connectivity index (χ1n) is 5.63. The molecule has 2 atom stereocenters. The topological polar surface area (TPSA) is 67.8 Å². The SMILES string of the molecule is CC[C@H](COP(=O)([O-])OCC[N+](C)(C)C)OC. The molecule has 0 aliphatic rings. The van der Waals surface area contributed by atoms with Crippen molar-refractivity contribution in [2.45, 2.75) is 19.4 Å². The van der Waals surface area contributed by atoms with Crippen LogP contribution in [-0.2, 0) is 18.3 Å². The van der Waals surface area contributed by atoms with Crippen molar-refractivity contribution in [1.29, 1.82) is 0 Å². The Bertz CT molecular complexity index is 250. The Morgan fingerprint density at radius 2 is 1.88 bits per heavy atom. The molecular weight excluding hydrogens is 245 g/mol. The second-order valence-corrected chi connectivity index (χ2v) is 6.27. The second kappa shape index (κ2) is 7.46. The van der Waals surface area contributed by atoms with Crippen molar-refractivity contribution in [2.75, 3.05) is 48.0 Å². The molecule has 0 heterocycles. The maximum atomic E-state index is 11.4. The molecule has 0 saturated carbocycles. The zero-order valence-electron chi connectivity index (χ0n) is 11.3. The van der Waals surface area contributed by atoms with Crippen LogP contribution in [0, 0.1) is 0 Å². The van der Waals surface area contributed by atoms with Gasteiger partial charge in [0.15, 0.2) is 0 Å². The summed E-state index contributed by atoms with van der Waals surface area (Å²) in [5.41, 5.74) is 0. The van der Waals surface area contributed by atoms with Crippen LogP contribution in [0.15, 0.2) is 0 Å². The molecule has 0 radical (unpaired) electrons. The van der Waals surface area contributed by atoms with Gasteiger partial charge in [0.05, 0.1) is 33.9 Å². The van der Waals surface area contributed by atoms with E-state index in [0.29, 0.717) is 17.4 Å². The number of hydrogen-bond donors (Lipinski definition) is 0. The van der Waals surface area contributed by atoms with Gasteiger partial charge in [-0.3, -0.25) is 4.57 Å². The minimum Gasteiger partial charge on any atom is -0.756 e. The van der Waals surface area contributed by atoms with Gasteiger partial charge in [-0.25, -0.2) is 0 Å². The van der Waals surface area contributed by atoms with Crippen molar-refractivity contribution in [2.24, 2.45) is 0 Å². The third-order valence-corrected chi connectivity index (χ3v) is 3.18. The van der Waals surface area contributed by atoms with E-state index in [0.717, 1.165) is 0 Å². The normalized spacial score (nSPS) is 17.8. The quantitative estimate of drug-likeness (QED) is 0.453. The summed E-state index contributed by atoms with van der Waals surface area (Å²) in [5.74, 6) is 0. The van der Waals surface area contributed by atoms with Crippen molar-refractivity contribution in [3.05, 3.63) is 0 Å². The van der Waals surface area contributed by atoms with Crippen LogP contribution < -0.4 is 4.89 Å². The van der Waals surface area contributed by atoms with E-state index in [2.05, 4.69) is 0 Å². The summed E-state index contributed by atoms with van der Waals surface area (Å²) in [6.45, 7) is 2.61. The fourth-order valence-corrected chi connectivity index (χ4v) is 1.72. The molecule has 0 amide bonds. The molecule has 0 saturated heterocycles. The zero-order chi connectivity index (χ0) is 13.5. The van der Waals surface area contributed by atoms with Gasteiger partial charge in [0, 0.05) is 7.11 Å². The molecule has 0 aliphatic carbocycles. The maximum Gasteiger partial charge on any atom is 0.268 e. The van der Waals surface area contributed by atoms with E-state index in [4.69, 9.17) is 13.8 Å². The van der Waals surface area contributed by atoms with Crippen LogP contribution in [0.2, 0.25) is 0 Å². The molecule has 17 heavy (non-hydrogen) atoms. The van der Waals surface area contributed by atoms with Gasteiger partial charge in [-0.05, 0) is 6.42 Å². The molecule has 0 aromatic carbocycles. The average molecular weight is 269 g/mol. The highest BCUT2D eigenvalue weighted by molar-refractivity contribution is 7.45. The highest BCUT2D eigenvalue weighted by atomic mass is 31.2. The van der Waals surface area contributed by atoms with Gasteiger partial charge in [-0.2, -0.15) is 0 Å². The third-order valence-electron chi connectivity index (χ3n) is 2.22. The number of quaternary nitrogens is 1. The number of methoxy groups -OCH3 is 1. The van der Waals surface area contributed by atoms with E-state index in [1.165, 1.54) is 7.11 Å². The summed E-state index contributed by atoms with van der Waals surface area (Å²) >= 11 is 0. The lowest BCUT2D eigenvalue weighted by Crippen LogP contribution is -2.37. The maximum absolute atomic E-state index is 11.4. The number of nitrogens with zero attached hydrogens (tertiary/aromatic N) is 1. The van der Waals surface area contributed by atoms with E-state index in [1.807, 2.05) is 28.1 Å². The summed E-state index contributed by atoms with van der Waals surface area (Å²) in [7, 11) is 3.19. The van der Waals surface area contributed by atoms with E-state index in [-0.39, 0.29) is 19.3 Å². The Labute approximate surface area is 104 Å². The van der Waals surface area contributed by atoms with Gasteiger partial charge in [0.2, 0.25) is 0 Å². The van der Waals surface area contributed by atoms with Crippen molar-refractivity contribution >= 4 is 7.82 Å². The molecule has 6 nitrogen and oxygen atoms in total. The predicted octanol–water partition coefficient (Wildman–Crippen LogP) is 0.619. The molecule has 0 fully saturated rings. The van der Waals surface area contributed by atoms with E-state index in [1.54, 1.807) is 0 Å². The van der Waals surface area contributed by atoms with E-state index < -0.39 is 7.82 Å². The minimum atomic E-state index is -4.20. The summed E-state index contributed by atoms with van der Waals surface area (Å²) in [6, 6.07) is 0. The van der Waals surface area contributed by atoms with Crippen LogP contribution in [0.1, 0.15) is 13.3 Å². The molecule has 7 heteroatoms. The fourth-order valence-electron chi connectivity index (χ4n) is 0.991. The Morgan fingerprint density at radius 3 is 2.29 bits per heavy atom. The van der Waals surface area contributed by atoms with Crippen LogP contribution in [0.3, 0.4) is 0 Å². The third kappa shape index (κ3) is 9.71. The standard InChI is InChI=1S/C10H24NO5P/c1-6-10(14-5)9-16-17(12,13)15-8-7-11(2,3)4/h10H,6-9H2,1-5H3/t10-/m1/s1. The molecule has 0 aromatic heterocycles. The lowest BCUT2D eigenvalue weighted by atomic mass is 10.3. The molecule has 1 unspecified atom stereocenters. The Morgan fingerprint density at radius 1 is 1.29 bits per heavy atom. The first-order chi connectivity index (χ1) is 7.70. The minimum absolute atomic E-state index is 0.00183. The van der Waals surface area contributed by atoms with Gasteiger partial charge in [-0.1, -0.05) is 6.92 Å². The molecular formula is C10H24NO5P. The molecule has 0 aliphatic heterocycles. The van der Waals surface area contributed by atoms with Crippen molar-refractivity contribution < 1.29 is 27.7 Å². The number of hydrogen-bond acceptors (Lipinski definition) is 5. The van der Waals surface area contributed by atoms with Crippen LogP contribution >= 0.6 is 7.82 Å². The Balaban J connectivity index is 3.92. The second-order valence-electron chi connectivity index (χ2n) is 4.86. The molecule has 0 bridgehead atoms. The van der Waals surface area contributed by atoms with Gasteiger partial charge in [0.25, 0.3) is 7.82 Å². The number of ether oxygens (including phenoxy) is 1. The summed E-state index contributed by atoms with van der Waals surface area (Å²) < 4.78 is 26.5. The predicted molar refractivity (Wildman–Crippen MR) is 63.5 cm³/mol. The van der Waals surface area contributed by atoms with Crippen LogP contribution in [0.25, 0.3) is 0 Å². The molecule has 0 N–H and O–H groups in total. The van der Waals surface area contributed by atoms with Crippen molar-refractivity contribution in [3.8, 4) is 0 Å². The fraction of sp³-hybridized carbons (Fsp3) is 1.00. The lowest BCUT2D eigenvalue weighted by Gasteiger charge is -2.28. The summed E-state index contributed by atoms with van der Waals surface area (Å²) in [5, 5.41) is 0. The van der Waals surface area contributed by atoms with Crippen molar-refractivity contribution in [1.82, 2.24) is 0 Å². The highest BCUT2D eigenvalue weighted by Crippen LogP contribution is 2.38. The number of rotatable bonds is 9. The average Bonchev–Trinajstić information content (AvgIpc) is 2.16. The zero-order valence-corrected chi connectivity index (χ0v) is 12.2. The van der Waals surface area contributed by atoms with Crippen molar-refractivity contribution in [3.63, 3.8) is 0 Å². The Kier molecular flexibility index (Phi) is 7.47. The number of likely N-dealkylation sites (N-methyl/N-ethyl adjacent to an activating group) is 1. The van der Waals surface area contributed by atoms with Gasteiger partial charge < -0.3 is 23.2 Å².